The van der Waals surface area contributed by atoms with Crippen molar-refractivity contribution in [3.8, 4) is 0 Å². The molecule has 0 saturated heterocycles. The van der Waals surface area contributed by atoms with Gasteiger partial charge in [-0.05, 0) is 0 Å². The van der Waals surface area contributed by atoms with Gasteiger partial charge in [0.2, 0.25) is 5.78 Å². The van der Waals surface area contributed by atoms with Crippen LogP contribution >= 0.6 is 7.37 Å². The van der Waals surface area contributed by atoms with Gasteiger partial charge in [0.15, 0.2) is 7.37 Å². The highest BCUT2D eigenvalue weighted by molar-refractivity contribution is 7.57. The van der Waals surface area contributed by atoms with Crippen LogP contribution in [0.4, 0.5) is 0 Å². The Hall–Kier alpha value is -0.670. The molecule has 0 spiro atoms. The summed E-state index contributed by atoms with van der Waals surface area (Å²) in [5, 5.41) is 0. The standard InChI is InChI=1S/C5H10NO4P/c1-11(9,10)3-2-4(7)5(6)8/h2-3H2,1H3,(H2,6,8)(H,9,10). The molecule has 0 aromatic heterocycles. The van der Waals surface area contributed by atoms with E-state index in [1.807, 2.05) is 0 Å². The zero-order valence-corrected chi connectivity index (χ0v) is 7.01. The number of ketones is 1. The fourth-order valence-corrected chi connectivity index (χ4v) is 1.05. The summed E-state index contributed by atoms with van der Waals surface area (Å²) < 4.78 is 10.6. The average Bonchev–Trinajstić information content (AvgIpc) is 1.80. The van der Waals surface area contributed by atoms with Crippen LogP contribution in [0.15, 0.2) is 0 Å². The number of carbonyl (C=O) groups excluding carboxylic acids is 2. The minimum absolute atomic E-state index is 0.186. The number of hydrogen-bond donors (Lipinski definition) is 2. The number of amides is 1. The SMILES string of the molecule is CP(=O)(O)CCC(=O)C(N)=O. The quantitative estimate of drug-likeness (QED) is 0.441. The second-order valence-corrected chi connectivity index (χ2v) is 4.86. The van der Waals surface area contributed by atoms with E-state index in [0.717, 1.165) is 6.66 Å². The summed E-state index contributed by atoms with van der Waals surface area (Å²) in [6.07, 6.45) is -0.436. The normalized spacial score (nSPS) is 15.5. The Kier molecular flexibility index (Phi) is 3.42. The summed E-state index contributed by atoms with van der Waals surface area (Å²) in [5.41, 5.74) is 4.61. The van der Waals surface area contributed by atoms with Gasteiger partial charge in [-0.2, -0.15) is 0 Å². The zero-order valence-electron chi connectivity index (χ0n) is 6.11. The number of hydrogen-bond acceptors (Lipinski definition) is 3. The molecule has 6 heteroatoms. The van der Waals surface area contributed by atoms with Gasteiger partial charge in [-0.15, -0.1) is 0 Å². The summed E-state index contributed by atoms with van der Waals surface area (Å²) in [6, 6.07) is 0. The molecule has 1 unspecified atom stereocenters. The number of carbonyl (C=O) groups is 2. The van der Waals surface area contributed by atoms with E-state index in [0.29, 0.717) is 0 Å². The number of Topliss-reactive ketones (excluding diaryl/α,β-unsaturated/α-hetero) is 1. The van der Waals surface area contributed by atoms with Gasteiger partial charge in [0.25, 0.3) is 5.91 Å². The second kappa shape index (κ2) is 3.64. The second-order valence-electron chi connectivity index (χ2n) is 2.31. The first-order chi connectivity index (χ1) is 4.83. The molecule has 1 atom stereocenters. The third-order valence-electron chi connectivity index (χ3n) is 1.03. The van der Waals surface area contributed by atoms with Crippen molar-refractivity contribution in [1.29, 1.82) is 0 Å². The lowest BCUT2D eigenvalue weighted by molar-refractivity contribution is -0.135. The molecule has 1 amide bonds. The van der Waals surface area contributed by atoms with Crippen molar-refractivity contribution in [2.45, 2.75) is 6.42 Å². The van der Waals surface area contributed by atoms with Crippen molar-refractivity contribution >= 4 is 19.1 Å². The molecule has 0 heterocycles. The van der Waals surface area contributed by atoms with E-state index in [-0.39, 0.29) is 12.6 Å². The topological polar surface area (TPSA) is 97.5 Å². The van der Waals surface area contributed by atoms with E-state index in [9.17, 15) is 14.2 Å². The lowest BCUT2D eigenvalue weighted by Gasteiger charge is -2.01. The van der Waals surface area contributed by atoms with Crippen LogP contribution in [0.25, 0.3) is 0 Å². The number of rotatable bonds is 4. The smallest absolute Gasteiger partial charge is 0.284 e. The van der Waals surface area contributed by atoms with Crippen LogP contribution in [-0.2, 0) is 14.2 Å². The molecule has 0 fully saturated rings. The fraction of sp³-hybridized carbons (Fsp3) is 0.600. The van der Waals surface area contributed by atoms with Crippen molar-refractivity contribution in [1.82, 2.24) is 0 Å². The maximum atomic E-state index is 10.6. The van der Waals surface area contributed by atoms with E-state index in [1.54, 1.807) is 0 Å². The predicted octanol–water partition coefficient (Wildman–Crippen LogP) is -0.669. The summed E-state index contributed by atoms with van der Waals surface area (Å²) in [7, 11) is -3.19. The van der Waals surface area contributed by atoms with Gasteiger partial charge in [-0.3, -0.25) is 14.2 Å². The molecular weight excluding hydrogens is 169 g/mol. The van der Waals surface area contributed by atoms with Gasteiger partial charge < -0.3 is 10.6 Å². The van der Waals surface area contributed by atoms with Crippen LogP contribution in [-0.4, -0.2) is 29.4 Å². The molecule has 64 valence electrons. The van der Waals surface area contributed by atoms with Gasteiger partial charge in [0.1, 0.15) is 0 Å². The van der Waals surface area contributed by atoms with Crippen molar-refractivity contribution in [3.63, 3.8) is 0 Å². The molecule has 0 aliphatic carbocycles. The first-order valence-corrected chi connectivity index (χ1v) is 5.24. The largest absolute Gasteiger partial charge is 0.363 e. The highest BCUT2D eigenvalue weighted by atomic mass is 31.2. The molecule has 0 aromatic carbocycles. The molecular formula is C5H10NO4P. The van der Waals surface area contributed by atoms with Crippen LogP contribution in [0.1, 0.15) is 6.42 Å². The summed E-state index contributed by atoms with van der Waals surface area (Å²) in [6.45, 7) is 1.13. The Morgan fingerprint density at radius 1 is 1.55 bits per heavy atom. The molecule has 0 aromatic rings. The van der Waals surface area contributed by atoms with Gasteiger partial charge in [-0.1, -0.05) is 0 Å². The Bertz CT molecular complexity index is 219. The highest BCUT2D eigenvalue weighted by Gasteiger charge is 2.15. The summed E-state index contributed by atoms with van der Waals surface area (Å²) in [4.78, 5) is 29.3. The molecule has 5 nitrogen and oxygen atoms in total. The van der Waals surface area contributed by atoms with Gasteiger partial charge in [0, 0.05) is 19.2 Å². The van der Waals surface area contributed by atoms with E-state index in [1.165, 1.54) is 0 Å². The fourth-order valence-electron chi connectivity index (χ4n) is 0.432. The van der Waals surface area contributed by atoms with Gasteiger partial charge >= 0.3 is 0 Å². The Morgan fingerprint density at radius 2 is 2.00 bits per heavy atom. The zero-order chi connectivity index (χ0) is 9.07. The van der Waals surface area contributed by atoms with Crippen molar-refractivity contribution in [2.75, 3.05) is 12.8 Å². The lowest BCUT2D eigenvalue weighted by atomic mass is 10.3. The summed E-state index contributed by atoms with van der Waals surface area (Å²) in [5.74, 6) is -1.86. The first-order valence-electron chi connectivity index (χ1n) is 2.95. The van der Waals surface area contributed by atoms with Crippen molar-refractivity contribution < 1.29 is 19.0 Å². The van der Waals surface area contributed by atoms with Crippen LogP contribution in [0, 0.1) is 0 Å². The molecule has 0 bridgehead atoms. The molecule has 0 saturated carbocycles. The van der Waals surface area contributed by atoms with Crippen LogP contribution in [0.2, 0.25) is 0 Å². The minimum atomic E-state index is -3.19. The van der Waals surface area contributed by atoms with Gasteiger partial charge in [-0.25, -0.2) is 0 Å². The maximum Gasteiger partial charge on any atom is 0.284 e. The number of primary amides is 1. The van der Waals surface area contributed by atoms with Crippen LogP contribution < -0.4 is 5.73 Å². The maximum absolute atomic E-state index is 10.6. The molecule has 0 radical (unpaired) electrons. The molecule has 0 rings (SSSR count). The third-order valence-corrected chi connectivity index (χ3v) is 2.08. The lowest BCUT2D eigenvalue weighted by Crippen LogP contribution is -2.23. The Morgan fingerprint density at radius 3 is 2.27 bits per heavy atom. The minimum Gasteiger partial charge on any atom is -0.363 e. The monoisotopic (exact) mass is 179 g/mol. The predicted molar refractivity (Wildman–Crippen MR) is 39.4 cm³/mol. The molecule has 0 aliphatic heterocycles. The summed E-state index contributed by atoms with van der Waals surface area (Å²) >= 11 is 0. The molecule has 11 heavy (non-hydrogen) atoms. The first kappa shape index (κ1) is 10.3. The molecule has 3 N–H and O–H groups in total. The Balaban J connectivity index is 3.82. The third kappa shape index (κ3) is 5.76. The average molecular weight is 179 g/mol. The van der Waals surface area contributed by atoms with E-state index in [2.05, 4.69) is 5.73 Å². The van der Waals surface area contributed by atoms with Crippen LogP contribution in [0.3, 0.4) is 0 Å². The highest BCUT2D eigenvalue weighted by Crippen LogP contribution is 2.35. The van der Waals surface area contributed by atoms with E-state index >= 15 is 0 Å². The van der Waals surface area contributed by atoms with Gasteiger partial charge in [0.05, 0.1) is 0 Å². The van der Waals surface area contributed by atoms with E-state index in [4.69, 9.17) is 4.89 Å². The van der Waals surface area contributed by atoms with Crippen molar-refractivity contribution in [2.24, 2.45) is 5.73 Å². The van der Waals surface area contributed by atoms with Crippen molar-refractivity contribution in [3.05, 3.63) is 0 Å². The molecule has 0 aliphatic rings. The van der Waals surface area contributed by atoms with E-state index < -0.39 is 19.1 Å². The number of nitrogens with two attached hydrogens (primary N) is 1. The van der Waals surface area contributed by atoms with Crippen LogP contribution in [0.5, 0.6) is 0 Å². The Labute approximate surface area is 64.0 Å².